The van der Waals surface area contributed by atoms with Crippen molar-refractivity contribution < 1.29 is 9.59 Å². The Hall–Kier alpha value is -1.50. The molecule has 1 fully saturated rings. The first-order valence-electron chi connectivity index (χ1n) is 5.87. The number of nitrogens with one attached hydrogen (secondary N) is 1. The Kier molecular flexibility index (Phi) is 3.51. The summed E-state index contributed by atoms with van der Waals surface area (Å²) in [5.41, 5.74) is -1.51. The molecule has 0 aliphatic carbocycles. The van der Waals surface area contributed by atoms with Gasteiger partial charge < -0.3 is 10.2 Å². The van der Waals surface area contributed by atoms with Crippen molar-refractivity contribution in [3.8, 4) is 12.3 Å². The first-order chi connectivity index (χ1) is 7.77. The summed E-state index contributed by atoms with van der Waals surface area (Å²) in [7, 11) is 0. The number of amides is 2. The second-order valence-electron chi connectivity index (χ2n) is 5.14. The van der Waals surface area contributed by atoms with E-state index in [2.05, 4.69) is 11.2 Å². The maximum Gasteiger partial charge on any atom is 0.249 e. The minimum absolute atomic E-state index is 0.0991. The summed E-state index contributed by atoms with van der Waals surface area (Å²) >= 11 is 0. The molecule has 0 spiro atoms. The largest absolute Gasteiger partial charge is 0.342 e. The van der Waals surface area contributed by atoms with Crippen molar-refractivity contribution in [1.82, 2.24) is 10.2 Å². The van der Waals surface area contributed by atoms with Crippen LogP contribution in [0.3, 0.4) is 0 Å². The van der Waals surface area contributed by atoms with Gasteiger partial charge in [0.05, 0.1) is 5.54 Å². The van der Waals surface area contributed by atoms with Gasteiger partial charge in [-0.1, -0.05) is 12.8 Å². The fourth-order valence-electron chi connectivity index (χ4n) is 1.89. The molecule has 1 heterocycles. The van der Waals surface area contributed by atoms with E-state index in [9.17, 15) is 9.59 Å². The van der Waals surface area contributed by atoms with Crippen LogP contribution in [0.25, 0.3) is 0 Å². The fraction of sp³-hybridized carbons (Fsp3) is 0.692. The molecule has 0 bridgehead atoms. The molecule has 4 nitrogen and oxygen atoms in total. The monoisotopic (exact) mass is 236 g/mol. The van der Waals surface area contributed by atoms with Crippen molar-refractivity contribution in [2.24, 2.45) is 0 Å². The molecule has 94 valence electrons. The molecule has 0 radical (unpaired) electrons. The zero-order valence-corrected chi connectivity index (χ0v) is 11.0. The molecular weight excluding hydrogens is 216 g/mol. The zero-order chi connectivity index (χ0) is 13.3. The van der Waals surface area contributed by atoms with Crippen molar-refractivity contribution in [3.05, 3.63) is 0 Å². The molecule has 0 aromatic heterocycles. The topological polar surface area (TPSA) is 49.4 Å². The number of hydrogen-bond acceptors (Lipinski definition) is 2. The lowest BCUT2D eigenvalue weighted by Gasteiger charge is -2.38. The first kappa shape index (κ1) is 13.6. The van der Waals surface area contributed by atoms with Crippen LogP contribution in [0.5, 0.6) is 0 Å². The second-order valence-corrected chi connectivity index (χ2v) is 5.14. The van der Waals surface area contributed by atoms with Gasteiger partial charge in [0.15, 0.2) is 0 Å². The lowest BCUT2D eigenvalue weighted by Crippen LogP contribution is -2.58. The number of rotatable bonds is 2. The van der Waals surface area contributed by atoms with Crippen LogP contribution in [0.4, 0.5) is 0 Å². The smallest absolute Gasteiger partial charge is 0.249 e. The van der Waals surface area contributed by atoms with E-state index in [4.69, 9.17) is 6.42 Å². The highest BCUT2D eigenvalue weighted by molar-refractivity contribution is 5.93. The molecule has 1 atom stereocenters. The van der Waals surface area contributed by atoms with Gasteiger partial charge in [0, 0.05) is 13.0 Å². The van der Waals surface area contributed by atoms with E-state index in [1.54, 1.807) is 11.8 Å². The maximum absolute atomic E-state index is 12.5. The van der Waals surface area contributed by atoms with E-state index in [-0.39, 0.29) is 11.8 Å². The van der Waals surface area contributed by atoms with Gasteiger partial charge in [0.25, 0.3) is 0 Å². The van der Waals surface area contributed by atoms with Crippen LogP contribution in [0.15, 0.2) is 0 Å². The molecule has 1 rings (SSSR count). The fourth-order valence-corrected chi connectivity index (χ4v) is 1.89. The van der Waals surface area contributed by atoms with Crippen LogP contribution in [-0.4, -0.2) is 34.3 Å². The van der Waals surface area contributed by atoms with Gasteiger partial charge in [-0.15, -0.1) is 6.42 Å². The summed E-state index contributed by atoms with van der Waals surface area (Å²) in [6, 6.07) is 0. The highest BCUT2D eigenvalue weighted by atomic mass is 16.2. The molecule has 2 amide bonds. The summed E-state index contributed by atoms with van der Waals surface area (Å²) in [5, 5.41) is 2.78. The van der Waals surface area contributed by atoms with Crippen LogP contribution in [0.1, 0.15) is 40.5 Å². The van der Waals surface area contributed by atoms with Crippen LogP contribution >= 0.6 is 0 Å². The minimum Gasteiger partial charge on any atom is -0.342 e. The Bertz CT molecular complexity index is 381. The summed E-state index contributed by atoms with van der Waals surface area (Å²) in [6.07, 6.45) is 6.31. The number of carbonyl (C=O) groups excluding carboxylic acids is 2. The molecule has 1 N–H and O–H groups in total. The third-order valence-corrected chi connectivity index (χ3v) is 3.43. The zero-order valence-electron chi connectivity index (χ0n) is 11.0. The predicted octanol–water partition coefficient (Wildman–Crippen LogP) is 0.915. The lowest BCUT2D eigenvalue weighted by molar-refractivity contribution is -0.141. The van der Waals surface area contributed by atoms with Crippen molar-refractivity contribution in [2.45, 2.75) is 51.6 Å². The molecule has 4 heteroatoms. The normalized spacial score (nSPS) is 26.2. The van der Waals surface area contributed by atoms with Crippen LogP contribution in [0.2, 0.25) is 0 Å². The van der Waals surface area contributed by atoms with Gasteiger partial charge in [-0.25, -0.2) is 0 Å². The van der Waals surface area contributed by atoms with Gasteiger partial charge in [0.1, 0.15) is 5.54 Å². The van der Waals surface area contributed by atoms with E-state index < -0.39 is 11.1 Å². The van der Waals surface area contributed by atoms with Crippen LogP contribution < -0.4 is 5.32 Å². The Balaban J connectivity index is 3.14. The molecule has 1 unspecified atom stereocenters. The molecule has 1 aliphatic heterocycles. The molecule has 0 aromatic rings. The van der Waals surface area contributed by atoms with Gasteiger partial charge in [-0.05, 0) is 27.2 Å². The van der Waals surface area contributed by atoms with Crippen LogP contribution in [-0.2, 0) is 9.59 Å². The molecule has 1 aliphatic rings. The number of hydrogen-bond donors (Lipinski definition) is 1. The van der Waals surface area contributed by atoms with Gasteiger partial charge >= 0.3 is 0 Å². The van der Waals surface area contributed by atoms with Gasteiger partial charge in [-0.2, -0.15) is 0 Å². The van der Waals surface area contributed by atoms with Crippen LogP contribution in [0, 0.1) is 12.3 Å². The van der Waals surface area contributed by atoms with E-state index in [1.165, 1.54) is 0 Å². The molecule has 1 saturated heterocycles. The average Bonchev–Trinajstić information content (AvgIpc) is 2.38. The van der Waals surface area contributed by atoms with Gasteiger partial charge in [-0.3, -0.25) is 9.59 Å². The molecule has 0 saturated carbocycles. The van der Waals surface area contributed by atoms with Crippen molar-refractivity contribution in [1.29, 1.82) is 0 Å². The summed E-state index contributed by atoms with van der Waals surface area (Å²) in [4.78, 5) is 25.7. The Labute approximate surface area is 103 Å². The standard InChI is InChI=1S/C13H20N2O2/c1-6-12(3,4)15-9-8-10(16)14-13(5,7-2)11(15)17/h1H,7-9H2,2-5H3,(H,14,16). The van der Waals surface area contributed by atoms with E-state index in [0.29, 0.717) is 19.4 Å². The average molecular weight is 236 g/mol. The Morgan fingerprint density at radius 3 is 2.59 bits per heavy atom. The summed E-state index contributed by atoms with van der Waals surface area (Å²) in [5.74, 6) is 2.41. The molecule has 0 aromatic carbocycles. The highest BCUT2D eigenvalue weighted by Gasteiger charge is 2.43. The van der Waals surface area contributed by atoms with Crippen molar-refractivity contribution in [3.63, 3.8) is 0 Å². The van der Waals surface area contributed by atoms with E-state index in [1.807, 2.05) is 20.8 Å². The van der Waals surface area contributed by atoms with E-state index >= 15 is 0 Å². The highest BCUT2D eigenvalue weighted by Crippen LogP contribution is 2.24. The Morgan fingerprint density at radius 2 is 2.12 bits per heavy atom. The predicted molar refractivity (Wildman–Crippen MR) is 66.1 cm³/mol. The minimum atomic E-state index is -0.846. The second kappa shape index (κ2) is 4.40. The summed E-state index contributed by atoms with van der Waals surface area (Å²) in [6.45, 7) is 7.63. The third-order valence-electron chi connectivity index (χ3n) is 3.43. The third kappa shape index (κ3) is 2.44. The van der Waals surface area contributed by atoms with Crippen molar-refractivity contribution >= 4 is 11.8 Å². The maximum atomic E-state index is 12.5. The summed E-state index contributed by atoms with van der Waals surface area (Å²) < 4.78 is 0. The number of terminal acetylenes is 1. The lowest BCUT2D eigenvalue weighted by atomic mass is 9.94. The van der Waals surface area contributed by atoms with E-state index in [0.717, 1.165) is 0 Å². The molecular formula is C13H20N2O2. The molecule has 17 heavy (non-hydrogen) atoms. The first-order valence-corrected chi connectivity index (χ1v) is 5.87. The van der Waals surface area contributed by atoms with Gasteiger partial charge in [0.2, 0.25) is 11.8 Å². The quantitative estimate of drug-likeness (QED) is 0.725. The Morgan fingerprint density at radius 1 is 1.53 bits per heavy atom. The number of nitrogens with zero attached hydrogens (tertiary/aromatic N) is 1. The SMILES string of the molecule is C#CC(C)(C)N1CCC(=O)NC(C)(CC)C1=O. The number of carbonyl (C=O) groups is 2. The van der Waals surface area contributed by atoms with Crippen molar-refractivity contribution in [2.75, 3.05) is 6.54 Å².